The lowest BCUT2D eigenvalue weighted by Gasteiger charge is -2.16. The number of ether oxygens (including phenoxy) is 2. The summed E-state index contributed by atoms with van der Waals surface area (Å²) in [5.41, 5.74) is 2.33. The van der Waals surface area contributed by atoms with Gasteiger partial charge in [-0.2, -0.15) is 0 Å². The van der Waals surface area contributed by atoms with Crippen molar-refractivity contribution in [1.82, 2.24) is 10.2 Å². The Balaban J connectivity index is 0.00000341. The Morgan fingerprint density at radius 3 is 2.58 bits per heavy atom. The number of benzene rings is 2. The molecule has 0 spiro atoms. The molecule has 0 aliphatic carbocycles. The maximum atomic E-state index is 5.40. The summed E-state index contributed by atoms with van der Waals surface area (Å²) in [6.45, 7) is 7.11. The molecule has 0 bridgehead atoms. The summed E-state index contributed by atoms with van der Waals surface area (Å²) in [6, 6.07) is 16.5. The first-order valence-electron chi connectivity index (χ1n) is 10.8. The standard InChI is InChI=1S/C24H34N4O2.HI/c1-4-25-24(27-21-10-11-22(29-2)23(16-21)30-3)26-17-20-13-15-28(18-20)14-12-19-8-6-5-7-9-19;/h5-11,16,20H,4,12-15,17-18H2,1-3H3,(H2,25,26,27);1H. The number of aliphatic imine (C=N–C) groups is 1. The van der Waals surface area contributed by atoms with Crippen molar-refractivity contribution in [1.29, 1.82) is 0 Å². The largest absolute Gasteiger partial charge is 0.493 e. The van der Waals surface area contributed by atoms with Crippen molar-refractivity contribution in [2.24, 2.45) is 10.9 Å². The Morgan fingerprint density at radius 2 is 1.87 bits per heavy atom. The summed E-state index contributed by atoms with van der Waals surface area (Å²) >= 11 is 0. The summed E-state index contributed by atoms with van der Waals surface area (Å²) in [5.74, 6) is 2.81. The Morgan fingerprint density at radius 1 is 1.10 bits per heavy atom. The summed E-state index contributed by atoms with van der Waals surface area (Å²) in [7, 11) is 3.28. The number of anilines is 1. The van der Waals surface area contributed by atoms with Gasteiger partial charge >= 0.3 is 0 Å². The summed E-state index contributed by atoms with van der Waals surface area (Å²) < 4.78 is 10.7. The number of rotatable bonds is 9. The van der Waals surface area contributed by atoms with Gasteiger partial charge in [0.2, 0.25) is 0 Å². The third-order valence-electron chi connectivity index (χ3n) is 5.43. The quantitative estimate of drug-likeness (QED) is 0.284. The third-order valence-corrected chi connectivity index (χ3v) is 5.43. The van der Waals surface area contributed by atoms with Gasteiger partial charge < -0.3 is 25.0 Å². The summed E-state index contributed by atoms with van der Waals surface area (Å²) in [5, 5.41) is 6.71. The highest BCUT2D eigenvalue weighted by atomic mass is 127. The van der Waals surface area contributed by atoms with Crippen LogP contribution >= 0.6 is 24.0 Å². The number of halogens is 1. The Bertz CT molecular complexity index is 816. The average Bonchev–Trinajstić information content (AvgIpc) is 3.24. The molecule has 7 heteroatoms. The highest BCUT2D eigenvalue weighted by Crippen LogP contribution is 2.29. The number of guanidine groups is 1. The van der Waals surface area contributed by atoms with Gasteiger partial charge in [-0.05, 0) is 49.9 Å². The van der Waals surface area contributed by atoms with Crippen molar-refractivity contribution in [3.8, 4) is 11.5 Å². The molecule has 6 nitrogen and oxygen atoms in total. The maximum absolute atomic E-state index is 5.40. The molecule has 170 valence electrons. The summed E-state index contributed by atoms with van der Waals surface area (Å²) in [4.78, 5) is 7.39. The van der Waals surface area contributed by atoms with Crippen LogP contribution in [0.1, 0.15) is 18.9 Å². The first kappa shape index (κ1) is 25.3. The summed E-state index contributed by atoms with van der Waals surface area (Å²) in [6.07, 6.45) is 2.31. The smallest absolute Gasteiger partial charge is 0.195 e. The van der Waals surface area contributed by atoms with E-state index in [1.165, 1.54) is 12.0 Å². The van der Waals surface area contributed by atoms with E-state index in [9.17, 15) is 0 Å². The predicted octanol–water partition coefficient (Wildman–Crippen LogP) is 4.26. The second-order valence-electron chi connectivity index (χ2n) is 7.61. The van der Waals surface area contributed by atoms with Crippen molar-refractivity contribution in [3.63, 3.8) is 0 Å². The van der Waals surface area contributed by atoms with Gasteiger partial charge in [-0.1, -0.05) is 30.3 Å². The van der Waals surface area contributed by atoms with Crippen molar-refractivity contribution in [2.75, 3.05) is 52.3 Å². The number of hydrogen-bond donors (Lipinski definition) is 2. The maximum Gasteiger partial charge on any atom is 0.195 e. The van der Waals surface area contributed by atoms with E-state index in [-0.39, 0.29) is 24.0 Å². The molecular weight excluding hydrogens is 503 g/mol. The molecule has 0 saturated carbocycles. The Labute approximate surface area is 203 Å². The molecule has 31 heavy (non-hydrogen) atoms. The monoisotopic (exact) mass is 538 g/mol. The Kier molecular flexibility index (Phi) is 10.9. The molecular formula is C24H35IN4O2. The lowest BCUT2D eigenvalue weighted by molar-refractivity contribution is 0.330. The molecule has 2 aromatic rings. The molecule has 2 N–H and O–H groups in total. The minimum atomic E-state index is 0. The van der Waals surface area contributed by atoms with Crippen LogP contribution in [-0.4, -0.2) is 57.8 Å². The minimum absolute atomic E-state index is 0. The van der Waals surface area contributed by atoms with Crippen LogP contribution in [0.25, 0.3) is 0 Å². The van der Waals surface area contributed by atoms with Crippen LogP contribution < -0.4 is 20.1 Å². The second kappa shape index (κ2) is 13.4. The topological polar surface area (TPSA) is 58.1 Å². The molecule has 1 aliphatic heterocycles. The van der Waals surface area contributed by atoms with Gasteiger partial charge in [0.1, 0.15) is 0 Å². The molecule has 0 radical (unpaired) electrons. The van der Waals surface area contributed by atoms with Gasteiger partial charge in [-0.25, -0.2) is 0 Å². The predicted molar refractivity (Wildman–Crippen MR) is 139 cm³/mol. The van der Waals surface area contributed by atoms with Crippen LogP contribution in [-0.2, 0) is 6.42 Å². The van der Waals surface area contributed by atoms with E-state index in [2.05, 4.69) is 52.8 Å². The fourth-order valence-electron chi connectivity index (χ4n) is 3.78. The lowest BCUT2D eigenvalue weighted by Crippen LogP contribution is -2.31. The molecule has 1 atom stereocenters. The second-order valence-corrected chi connectivity index (χ2v) is 7.61. The van der Waals surface area contributed by atoms with Crippen molar-refractivity contribution in [3.05, 3.63) is 54.1 Å². The Hall–Kier alpha value is -2.00. The highest BCUT2D eigenvalue weighted by molar-refractivity contribution is 14.0. The van der Waals surface area contributed by atoms with E-state index in [0.29, 0.717) is 17.4 Å². The zero-order valence-electron chi connectivity index (χ0n) is 18.8. The van der Waals surface area contributed by atoms with Crippen LogP contribution in [0.15, 0.2) is 53.5 Å². The van der Waals surface area contributed by atoms with Crippen molar-refractivity contribution >= 4 is 35.6 Å². The van der Waals surface area contributed by atoms with E-state index in [1.54, 1.807) is 14.2 Å². The normalized spacial score (nSPS) is 16.5. The van der Waals surface area contributed by atoms with E-state index in [0.717, 1.165) is 50.8 Å². The molecule has 1 fully saturated rings. The lowest BCUT2D eigenvalue weighted by atomic mass is 10.1. The SMILES string of the molecule is CCNC(=NCC1CCN(CCc2ccccc2)C1)Nc1ccc(OC)c(OC)c1.I. The molecule has 3 rings (SSSR count). The average molecular weight is 538 g/mol. The molecule has 2 aromatic carbocycles. The molecule has 0 amide bonds. The highest BCUT2D eigenvalue weighted by Gasteiger charge is 2.22. The van der Waals surface area contributed by atoms with Crippen molar-refractivity contribution < 1.29 is 9.47 Å². The zero-order valence-corrected chi connectivity index (χ0v) is 21.1. The van der Waals surface area contributed by atoms with Gasteiger partial charge in [-0.15, -0.1) is 24.0 Å². The molecule has 1 heterocycles. The van der Waals surface area contributed by atoms with Crippen molar-refractivity contribution in [2.45, 2.75) is 19.8 Å². The first-order valence-corrected chi connectivity index (χ1v) is 10.8. The number of methoxy groups -OCH3 is 2. The molecule has 1 aliphatic rings. The fraction of sp³-hybridized carbons (Fsp3) is 0.458. The fourth-order valence-corrected chi connectivity index (χ4v) is 3.78. The zero-order chi connectivity index (χ0) is 21.2. The van der Waals surface area contributed by atoms with Crippen LogP contribution in [0, 0.1) is 5.92 Å². The van der Waals surface area contributed by atoms with Gasteiger partial charge in [0.25, 0.3) is 0 Å². The number of hydrogen-bond acceptors (Lipinski definition) is 4. The van der Waals surface area contributed by atoms with Gasteiger partial charge in [0.15, 0.2) is 17.5 Å². The van der Waals surface area contributed by atoms with Gasteiger partial charge in [-0.3, -0.25) is 4.99 Å². The number of nitrogens with zero attached hydrogens (tertiary/aromatic N) is 2. The minimum Gasteiger partial charge on any atom is -0.493 e. The van der Waals surface area contributed by atoms with Crippen LogP contribution in [0.2, 0.25) is 0 Å². The van der Waals surface area contributed by atoms with Gasteiger partial charge in [0.05, 0.1) is 14.2 Å². The number of nitrogens with one attached hydrogen (secondary N) is 2. The molecule has 1 saturated heterocycles. The van der Waals surface area contributed by atoms with Crippen LogP contribution in [0.3, 0.4) is 0 Å². The third kappa shape index (κ3) is 7.88. The number of likely N-dealkylation sites (tertiary alicyclic amines) is 1. The molecule has 1 unspecified atom stereocenters. The van der Waals surface area contributed by atoms with E-state index in [4.69, 9.17) is 14.5 Å². The van der Waals surface area contributed by atoms with Crippen LogP contribution in [0.4, 0.5) is 5.69 Å². The molecule has 0 aromatic heterocycles. The van der Waals surface area contributed by atoms with E-state index >= 15 is 0 Å². The first-order chi connectivity index (χ1) is 14.7. The van der Waals surface area contributed by atoms with Gasteiger partial charge in [0, 0.05) is 37.9 Å². The van der Waals surface area contributed by atoms with E-state index < -0.39 is 0 Å². The van der Waals surface area contributed by atoms with Crippen LogP contribution in [0.5, 0.6) is 11.5 Å². The van der Waals surface area contributed by atoms with E-state index in [1.807, 2.05) is 18.2 Å².